The van der Waals surface area contributed by atoms with E-state index < -0.39 is 0 Å². The van der Waals surface area contributed by atoms with Crippen LogP contribution < -0.4 is 5.32 Å². The summed E-state index contributed by atoms with van der Waals surface area (Å²) in [6.45, 7) is 8.16. The van der Waals surface area contributed by atoms with Crippen molar-refractivity contribution in [2.75, 3.05) is 31.5 Å². The van der Waals surface area contributed by atoms with Gasteiger partial charge in [0.2, 0.25) is 0 Å². The summed E-state index contributed by atoms with van der Waals surface area (Å²) in [4.78, 5) is 4.12. The van der Waals surface area contributed by atoms with Crippen molar-refractivity contribution in [3.8, 4) is 0 Å². The fourth-order valence-corrected chi connectivity index (χ4v) is 5.15. The molecule has 174 valence electrons. The second kappa shape index (κ2) is 10.5. The average molecular weight is 468 g/mol. The van der Waals surface area contributed by atoms with E-state index in [0.29, 0.717) is 0 Å². The van der Waals surface area contributed by atoms with Crippen LogP contribution in [0, 0.1) is 18.2 Å². The van der Waals surface area contributed by atoms with Gasteiger partial charge in [-0.25, -0.2) is 8.70 Å². The number of aromatic nitrogens is 3. The predicted octanol–water partition coefficient (Wildman–Crippen LogP) is 4.78. The van der Waals surface area contributed by atoms with Crippen LogP contribution in [0.2, 0.25) is 0 Å². The molecule has 9 heteroatoms. The number of piperazine rings is 1. The number of aryl methyl sites for hydroxylation is 2. The monoisotopic (exact) mass is 467 g/mol. The maximum atomic E-state index is 13.3. The zero-order chi connectivity index (χ0) is 23.4. The highest BCUT2D eigenvalue weighted by atomic mass is 32.2. The van der Waals surface area contributed by atoms with Gasteiger partial charge in [0.15, 0.2) is 5.03 Å². The van der Waals surface area contributed by atoms with E-state index in [1.165, 1.54) is 29.5 Å². The summed E-state index contributed by atoms with van der Waals surface area (Å²) in [5.74, 6) is -0.267. The molecule has 0 amide bonds. The van der Waals surface area contributed by atoms with Gasteiger partial charge in [0, 0.05) is 55.9 Å². The minimum Gasteiger partial charge on any atom is -0.355 e. The first-order valence-corrected chi connectivity index (χ1v) is 11.9. The van der Waals surface area contributed by atoms with Gasteiger partial charge in [0.05, 0.1) is 6.20 Å². The van der Waals surface area contributed by atoms with E-state index in [1.807, 2.05) is 7.05 Å². The fourth-order valence-electron chi connectivity index (χ4n) is 4.25. The maximum Gasteiger partial charge on any atom is 0.153 e. The Kier molecular flexibility index (Phi) is 7.42. The highest BCUT2D eigenvalue weighted by molar-refractivity contribution is 7.97. The maximum absolute atomic E-state index is 13.3. The minimum absolute atomic E-state index is 0.224. The number of nitrogens with one attached hydrogen (secondary N) is 2. The number of halogens is 1. The SMILES string of the molecule is CCCN1CCN(Sc2cnn(C)n2)CC1c1cc(C=N)c(Nc2ccc(F)cc2)cc1C. The van der Waals surface area contributed by atoms with Crippen LogP contribution in [0.1, 0.15) is 36.1 Å². The lowest BCUT2D eigenvalue weighted by Crippen LogP contribution is -2.46. The van der Waals surface area contributed by atoms with Crippen molar-refractivity contribution in [3.63, 3.8) is 0 Å². The van der Waals surface area contributed by atoms with Gasteiger partial charge < -0.3 is 10.7 Å². The summed E-state index contributed by atoms with van der Waals surface area (Å²) in [6, 6.07) is 10.7. The molecule has 2 aromatic carbocycles. The lowest BCUT2D eigenvalue weighted by molar-refractivity contribution is 0.123. The van der Waals surface area contributed by atoms with Crippen LogP contribution in [0.4, 0.5) is 15.8 Å². The van der Waals surface area contributed by atoms with Crippen molar-refractivity contribution in [1.82, 2.24) is 24.2 Å². The summed E-state index contributed by atoms with van der Waals surface area (Å²) in [7, 11) is 1.83. The molecule has 3 aromatic rings. The molecule has 2 heterocycles. The van der Waals surface area contributed by atoms with Crippen LogP contribution >= 0.6 is 11.9 Å². The van der Waals surface area contributed by atoms with Crippen molar-refractivity contribution in [2.45, 2.75) is 31.3 Å². The first-order chi connectivity index (χ1) is 16.0. The van der Waals surface area contributed by atoms with E-state index in [2.05, 4.69) is 50.7 Å². The summed E-state index contributed by atoms with van der Waals surface area (Å²) >= 11 is 1.65. The normalized spacial score (nSPS) is 17.3. The van der Waals surface area contributed by atoms with Gasteiger partial charge in [0.1, 0.15) is 5.82 Å². The van der Waals surface area contributed by atoms with Crippen LogP contribution in [0.3, 0.4) is 0 Å². The lowest BCUT2D eigenvalue weighted by atomic mass is 9.94. The van der Waals surface area contributed by atoms with Crippen LogP contribution in [0.5, 0.6) is 0 Å². The first-order valence-electron chi connectivity index (χ1n) is 11.2. The Morgan fingerprint density at radius 1 is 1.24 bits per heavy atom. The van der Waals surface area contributed by atoms with Gasteiger partial charge in [-0.05, 0) is 79.4 Å². The van der Waals surface area contributed by atoms with E-state index in [-0.39, 0.29) is 11.9 Å². The Hall–Kier alpha value is -2.75. The molecule has 33 heavy (non-hydrogen) atoms. The van der Waals surface area contributed by atoms with E-state index in [4.69, 9.17) is 5.41 Å². The predicted molar refractivity (Wildman–Crippen MR) is 132 cm³/mol. The third-order valence-corrected chi connectivity index (χ3v) is 6.81. The van der Waals surface area contributed by atoms with Crippen LogP contribution in [0.15, 0.2) is 47.6 Å². The van der Waals surface area contributed by atoms with Gasteiger partial charge in [-0.2, -0.15) is 9.90 Å². The van der Waals surface area contributed by atoms with Gasteiger partial charge in [0.25, 0.3) is 0 Å². The van der Waals surface area contributed by atoms with Crippen LogP contribution in [0.25, 0.3) is 0 Å². The van der Waals surface area contributed by atoms with E-state index in [0.717, 1.165) is 54.6 Å². The molecule has 2 N–H and O–H groups in total. The Labute approximate surface area is 198 Å². The number of anilines is 2. The Bertz CT molecular complexity index is 1100. The Balaban J connectivity index is 1.60. The van der Waals surface area contributed by atoms with Crippen molar-refractivity contribution in [2.24, 2.45) is 7.05 Å². The molecule has 4 rings (SSSR count). The number of benzene rings is 2. The number of hydrogen-bond acceptors (Lipinski definition) is 7. The highest BCUT2D eigenvalue weighted by Crippen LogP contribution is 2.35. The Morgan fingerprint density at radius 2 is 2.03 bits per heavy atom. The second-order valence-electron chi connectivity index (χ2n) is 8.28. The summed E-state index contributed by atoms with van der Waals surface area (Å²) in [5.41, 5.74) is 4.86. The molecule has 1 saturated heterocycles. The molecule has 0 radical (unpaired) electrons. The molecule has 1 aliphatic heterocycles. The number of nitrogens with zero attached hydrogens (tertiary/aromatic N) is 5. The lowest BCUT2D eigenvalue weighted by Gasteiger charge is -2.41. The van der Waals surface area contributed by atoms with Crippen LogP contribution in [-0.2, 0) is 7.05 Å². The van der Waals surface area contributed by atoms with E-state index >= 15 is 0 Å². The number of hydrogen-bond donors (Lipinski definition) is 2. The van der Waals surface area contributed by atoms with Gasteiger partial charge in [-0.15, -0.1) is 5.10 Å². The topological polar surface area (TPSA) is 73.1 Å². The molecule has 1 atom stereocenters. The second-order valence-corrected chi connectivity index (χ2v) is 9.39. The van der Waals surface area contributed by atoms with Crippen molar-refractivity contribution in [3.05, 3.63) is 65.1 Å². The quantitative estimate of drug-likeness (QED) is 0.367. The molecule has 1 unspecified atom stereocenters. The zero-order valence-corrected chi connectivity index (χ0v) is 20.1. The van der Waals surface area contributed by atoms with Crippen molar-refractivity contribution in [1.29, 1.82) is 5.41 Å². The molecule has 0 aliphatic carbocycles. The molecule has 0 saturated carbocycles. The molecule has 0 spiro atoms. The molecular weight excluding hydrogens is 437 g/mol. The fraction of sp³-hybridized carbons (Fsp3) is 0.375. The zero-order valence-electron chi connectivity index (χ0n) is 19.3. The third kappa shape index (κ3) is 5.61. The van der Waals surface area contributed by atoms with Gasteiger partial charge in [-0.3, -0.25) is 4.90 Å². The van der Waals surface area contributed by atoms with Gasteiger partial charge >= 0.3 is 0 Å². The van der Waals surface area contributed by atoms with E-state index in [1.54, 1.807) is 35.1 Å². The third-order valence-electron chi connectivity index (χ3n) is 5.84. The van der Waals surface area contributed by atoms with E-state index in [9.17, 15) is 4.39 Å². The molecule has 1 fully saturated rings. The average Bonchev–Trinajstić information content (AvgIpc) is 3.21. The van der Waals surface area contributed by atoms with Crippen molar-refractivity contribution < 1.29 is 4.39 Å². The standard InChI is InChI=1S/C24H30FN7S/c1-4-9-31-10-11-32(33-24-15-27-30(3)29-24)16-23(31)21-13-18(14-26)22(12-17(21)2)28-20-7-5-19(25)6-8-20/h5-8,12-15,23,26,28H,4,9-11,16H2,1-3H3. The summed E-state index contributed by atoms with van der Waals surface area (Å²) < 4.78 is 15.6. The summed E-state index contributed by atoms with van der Waals surface area (Å²) in [5, 5.41) is 20.8. The largest absolute Gasteiger partial charge is 0.355 e. The molecule has 1 aromatic heterocycles. The molecule has 1 aliphatic rings. The minimum atomic E-state index is -0.267. The summed E-state index contributed by atoms with van der Waals surface area (Å²) in [6.07, 6.45) is 4.27. The Morgan fingerprint density at radius 3 is 2.70 bits per heavy atom. The molecule has 0 bridgehead atoms. The van der Waals surface area contributed by atoms with Gasteiger partial charge in [-0.1, -0.05) is 6.92 Å². The molecule has 7 nitrogen and oxygen atoms in total. The number of rotatable bonds is 8. The molecular formula is C24H30FN7S. The van der Waals surface area contributed by atoms with Crippen molar-refractivity contribution >= 4 is 29.5 Å². The smallest absolute Gasteiger partial charge is 0.153 e. The highest BCUT2D eigenvalue weighted by Gasteiger charge is 2.30. The first kappa shape index (κ1) is 23.4. The van der Waals surface area contributed by atoms with Crippen LogP contribution in [-0.4, -0.2) is 56.6 Å².